The number of halogens is 1. The van der Waals surface area contributed by atoms with E-state index in [1.54, 1.807) is 6.07 Å². The molecule has 1 heterocycles. The molecular formula is C11H6FN5O2S. The Morgan fingerprint density at radius 3 is 2.70 bits per heavy atom. The highest BCUT2D eigenvalue weighted by atomic mass is 32.2. The number of hydrogen-bond acceptors (Lipinski definition) is 5. The molecule has 2 N–H and O–H groups in total. The Morgan fingerprint density at radius 1 is 1.30 bits per heavy atom. The summed E-state index contributed by atoms with van der Waals surface area (Å²) in [7, 11) is -4.22. The molecule has 0 amide bonds. The quantitative estimate of drug-likeness (QED) is 0.876. The molecule has 2 aromatic rings. The summed E-state index contributed by atoms with van der Waals surface area (Å²) in [6.45, 7) is 0. The fraction of sp³-hybridized carbons (Fsp3) is 0. The molecule has 0 atom stereocenters. The highest BCUT2D eigenvalue weighted by Gasteiger charge is 2.22. The van der Waals surface area contributed by atoms with Gasteiger partial charge in [-0.15, -0.1) is 0 Å². The number of hydrogen-bond donors (Lipinski definition) is 2. The topological polar surface area (TPSA) is 122 Å². The van der Waals surface area contributed by atoms with Crippen molar-refractivity contribution in [1.29, 1.82) is 10.5 Å². The van der Waals surface area contributed by atoms with Crippen molar-refractivity contribution >= 4 is 15.8 Å². The second-order valence-electron chi connectivity index (χ2n) is 3.60. The molecule has 0 saturated heterocycles. The highest BCUT2D eigenvalue weighted by molar-refractivity contribution is 7.92. The molecule has 7 nitrogen and oxygen atoms in total. The van der Waals surface area contributed by atoms with E-state index >= 15 is 0 Å². The number of aromatic amines is 1. The zero-order chi connectivity index (χ0) is 14.8. The summed E-state index contributed by atoms with van der Waals surface area (Å²) in [5.74, 6) is -1.10. The van der Waals surface area contributed by atoms with Gasteiger partial charge in [-0.2, -0.15) is 15.6 Å². The number of rotatable bonds is 3. The standard InChI is InChI=1S/C11H6FN5O2S/c12-9-2-1-3-10(8(9)5-14)20(18,19)17-11-7(4-13)6-15-16-11/h1-3,6H,(H2,15,16,17). The minimum Gasteiger partial charge on any atom is -0.263 e. The molecule has 2 rings (SSSR count). The zero-order valence-electron chi connectivity index (χ0n) is 9.75. The van der Waals surface area contributed by atoms with E-state index in [2.05, 4.69) is 10.2 Å². The van der Waals surface area contributed by atoms with Gasteiger partial charge in [0.25, 0.3) is 10.0 Å². The van der Waals surface area contributed by atoms with E-state index in [1.807, 2.05) is 4.72 Å². The minimum absolute atomic E-state index is 0.0246. The molecule has 0 spiro atoms. The Hall–Kier alpha value is -2.91. The van der Waals surface area contributed by atoms with E-state index in [0.717, 1.165) is 18.3 Å². The number of nitrogens with zero attached hydrogens (tertiary/aromatic N) is 3. The maximum atomic E-state index is 13.4. The molecule has 1 aromatic carbocycles. The number of sulfonamides is 1. The first-order valence-corrected chi connectivity index (χ1v) is 6.63. The number of nitriles is 2. The summed E-state index contributed by atoms with van der Waals surface area (Å²) >= 11 is 0. The van der Waals surface area contributed by atoms with Gasteiger partial charge in [0, 0.05) is 0 Å². The van der Waals surface area contributed by atoms with Crippen molar-refractivity contribution < 1.29 is 12.8 Å². The van der Waals surface area contributed by atoms with Gasteiger partial charge in [-0.25, -0.2) is 12.8 Å². The number of aromatic nitrogens is 2. The van der Waals surface area contributed by atoms with Gasteiger partial charge in [0.1, 0.15) is 34.0 Å². The van der Waals surface area contributed by atoms with Gasteiger partial charge in [0.2, 0.25) is 0 Å². The molecule has 1 aromatic heterocycles. The fourth-order valence-electron chi connectivity index (χ4n) is 1.47. The molecule has 0 aliphatic rings. The van der Waals surface area contributed by atoms with Crippen molar-refractivity contribution in [3.05, 3.63) is 41.3 Å². The van der Waals surface area contributed by atoms with Crippen LogP contribution in [0.1, 0.15) is 11.1 Å². The maximum Gasteiger partial charge on any atom is 0.264 e. The Balaban J connectivity index is 2.51. The molecular weight excluding hydrogens is 285 g/mol. The van der Waals surface area contributed by atoms with E-state index in [1.165, 1.54) is 12.1 Å². The van der Waals surface area contributed by atoms with E-state index in [-0.39, 0.29) is 11.4 Å². The van der Waals surface area contributed by atoms with Crippen LogP contribution in [0.25, 0.3) is 0 Å². The van der Waals surface area contributed by atoms with E-state index < -0.39 is 26.3 Å². The van der Waals surface area contributed by atoms with Gasteiger partial charge < -0.3 is 0 Å². The second kappa shape index (κ2) is 4.99. The van der Waals surface area contributed by atoms with Crippen LogP contribution in [0.15, 0.2) is 29.3 Å². The van der Waals surface area contributed by atoms with Crippen molar-refractivity contribution in [2.24, 2.45) is 0 Å². The number of anilines is 1. The number of benzene rings is 1. The zero-order valence-corrected chi connectivity index (χ0v) is 10.6. The summed E-state index contributed by atoms with van der Waals surface area (Å²) in [5, 5.41) is 23.4. The van der Waals surface area contributed by atoms with Crippen LogP contribution in [0.5, 0.6) is 0 Å². The molecule has 0 bridgehead atoms. The Bertz CT molecular complexity index is 844. The Morgan fingerprint density at radius 2 is 2.05 bits per heavy atom. The average molecular weight is 291 g/mol. The van der Waals surface area contributed by atoms with Crippen LogP contribution in [-0.2, 0) is 10.0 Å². The van der Waals surface area contributed by atoms with Gasteiger partial charge in [-0.1, -0.05) is 6.07 Å². The lowest BCUT2D eigenvalue weighted by molar-refractivity contribution is 0.593. The molecule has 0 fully saturated rings. The third-order valence-electron chi connectivity index (χ3n) is 2.37. The van der Waals surface area contributed by atoms with Crippen LogP contribution in [0, 0.1) is 28.5 Å². The van der Waals surface area contributed by atoms with Crippen LogP contribution in [0.3, 0.4) is 0 Å². The molecule has 0 saturated carbocycles. The van der Waals surface area contributed by atoms with Gasteiger partial charge in [-0.3, -0.25) is 9.82 Å². The van der Waals surface area contributed by atoms with Crippen molar-refractivity contribution in [2.45, 2.75) is 4.90 Å². The number of nitrogens with one attached hydrogen (secondary N) is 2. The Labute approximate surface area is 113 Å². The predicted molar refractivity (Wildman–Crippen MR) is 65.2 cm³/mol. The molecule has 0 unspecified atom stereocenters. The van der Waals surface area contributed by atoms with Gasteiger partial charge in [0.05, 0.1) is 6.20 Å². The number of H-pyrrole nitrogens is 1. The Kier molecular flexibility index (Phi) is 3.37. The summed E-state index contributed by atoms with van der Waals surface area (Å²) in [5.41, 5.74) is -0.624. The van der Waals surface area contributed by atoms with E-state index in [4.69, 9.17) is 10.5 Å². The first-order valence-electron chi connectivity index (χ1n) is 5.14. The molecule has 9 heteroatoms. The first kappa shape index (κ1) is 13.5. The third kappa shape index (κ3) is 2.30. The van der Waals surface area contributed by atoms with Crippen molar-refractivity contribution in [3.63, 3.8) is 0 Å². The normalized spacial score (nSPS) is 10.6. The largest absolute Gasteiger partial charge is 0.264 e. The highest BCUT2D eigenvalue weighted by Crippen LogP contribution is 2.21. The summed E-state index contributed by atoms with van der Waals surface area (Å²) in [6.07, 6.45) is 1.13. The van der Waals surface area contributed by atoms with Crippen LogP contribution in [0.4, 0.5) is 10.2 Å². The average Bonchev–Trinajstić information content (AvgIpc) is 2.84. The molecule has 100 valence electrons. The van der Waals surface area contributed by atoms with Gasteiger partial charge in [-0.05, 0) is 12.1 Å². The van der Waals surface area contributed by atoms with Crippen LogP contribution >= 0.6 is 0 Å². The van der Waals surface area contributed by atoms with Gasteiger partial charge in [0.15, 0.2) is 5.82 Å². The minimum atomic E-state index is -4.22. The van der Waals surface area contributed by atoms with E-state index in [0.29, 0.717) is 0 Å². The SMILES string of the molecule is N#Cc1cn[nH]c1NS(=O)(=O)c1cccc(F)c1C#N. The summed E-state index contributed by atoms with van der Waals surface area (Å²) in [4.78, 5) is -0.515. The van der Waals surface area contributed by atoms with E-state index in [9.17, 15) is 12.8 Å². The van der Waals surface area contributed by atoms with Crippen LogP contribution in [-0.4, -0.2) is 18.6 Å². The molecule has 20 heavy (non-hydrogen) atoms. The van der Waals surface area contributed by atoms with Crippen LogP contribution < -0.4 is 4.72 Å². The molecule has 0 aliphatic heterocycles. The van der Waals surface area contributed by atoms with Crippen LogP contribution in [0.2, 0.25) is 0 Å². The van der Waals surface area contributed by atoms with Crippen molar-refractivity contribution in [1.82, 2.24) is 10.2 Å². The first-order chi connectivity index (χ1) is 9.49. The molecule has 0 radical (unpaired) electrons. The smallest absolute Gasteiger partial charge is 0.263 e. The molecule has 0 aliphatic carbocycles. The monoisotopic (exact) mass is 291 g/mol. The van der Waals surface area contributed by atoms with Crippen molar-refractivity contribution in [3.8, 4) is 12.1 Å². The van der Waals surface area contributed by atoms with Crippen molar-refractivity contribution in [2.75, 3.05) is 4.72 Å². The predicted octanol–water partition coefficient (Wildman–Crippen LogP) is 1.09. The third-order valence-corrected chi connectivity index (χ3v) is 3.77. The lowest BCUT2D eigenvalue weighted by Crippen LogP contribution is -2.16. The fourth-order valence-corrected chi connectivity index (χ4v) is 2.68. The summed E-state index contributed by atoms with van der Waals surface area (Å²) < 4.78 is 39.7. The maximum absolute atomic E-state index is 13.4. The van der Waals surface area contributed by atoms with Gasteiger partial charge >= 0.3 is 0 Å². The lowest BCUT2D eigenvalue weighted by atomic mass is 10.2. The second-order valence-corrected chi connectivity index (χ2v) is 5.25. The lowest BCUT2D eigenvalue weighted by Gasteiger charge is -2.08. The summed E-state index contributed by atoms with van der Waals surface area (Å²) in [6, 6.07) is 6.46.